The number of benzene rings is 1. The van der Waals surface area contributed by atoms with E-state index in [-0.39, 0.29) is 6.54 Å². The number of nitrogens with one attached hydrogen (secondary N) is 1. The molecule has 1 aromatic carbocycles. The molecular weight excluding hydrogens is 403 g/mol. The van der Waals surface area contributed by atoms with Gasteiger partial charge in [0.15, 0.2) is 0 Å². The molecule has 1 saturated heterocycles. The van der Waals surface area contributed by atoms with Gasteiger partial charge in [0.2, 0.25) is 10.0 Å². The monoisotopic (exact) mass is 419 g/mol. The van der Waals surface area contributed by atoms with E-state index in [9.17, 15) is 21.6 Å². The second kappa shape index (κ2) is 7.65. The fourth-order valence-corrected chi connectivity index (χ4v) is 4.11. The van der Waals surface area contributed by atoms with Crippen molar-refractivity contribution in [2.45, 2.75) is 30.5 Å². The quantitative estimate of drug-likeness (QED) is 0.800. The fraction of sp³-hybridized carbons (Fsp3) is 0.353. The molecule has 0 atom stereocenters. The average molecular weight is 420 g/mol. The van der Waals surface area contributed by atoms with Gasteiger partial charge in [-0.15, -0.1) is 0 Å². The van der Waals surface area contributed by atoms with Gasteiger partial charge in [-0.1, -0.05) is 11.6 Å². The third kappa shape index (κ3) is 4.72. The third-order valence-electron chi connectivity index (χ3n) is 4.26. The van der Waals surface area contributed by atoms with Crippen LogP contribution in [0.4, 0.5) is 19.0 Å². The highest BCUT2D eigenvalue weighted by Gasteiger charge is 2.34. The molecule has 1 aromatic heterocycles. The Hall–Kier alpha value is -1.84. The number of alkyl halides is 3. The SMILES string of the molecule is O=S(=O)(NCc1ccnc(N2CCCC2)c1)c1ccc(Cl)c(C(F)(F)F)c1. The Bertz CT molecular complexity index is 929. The molecule has 5 nitrogen and oxygen atoms in total. The van der Waals surface area contributed by atoms with Crippen molar-refractivity contribution >= 4 is 27.4 Å². The van der Waals surface area contributed by atoms with E-state index >= 15 is 0 Å². The number of aromatic nitrogens is 1. The molecule has 0 unspecified atom stereocenters. The summed E-state index contributed by atoms with van der Waals surface area (Å²) in [5.41, 5.74) is -0.521. The fourth-order valence-electron chi connectivity index (χ4n) is 2.84. The van der Waals surface area contributed by atoms with Gasteiger partial charge in [-0.25, -0.2) is 18.1 Å². The molecule has 2 heterocycles. The molecule has 0 amide bonds. The summed E-state index contributed by atoms with van der Waals surface area (Å²) in [6.45, 7) is 1.73. The molecule has 0 spiro atoms. The van der Waals surface area contributed by atoms with Gasteiger partial charge < -0.3 is 4.90 Å². The highest BCUT2D eigenvalue weighted by Crippen LogP contribution is 2.35. The van der Waals surface area contributed by atoms with E-state index in [1.807, 2.05) is 0 Å². The summed E-state index contributed by atoms with van der Waals surface area (Å²) in [5.74, 6) is 0.759. The molecule has 0 radical (unpaired) electrons. The number of anilines is 1. The predicted molar refractivity (Wildman–Crippen MR) is 96.2 cm³/mol. The van der Waals surface area contributed by atoms with E-state index in [1.165, 1.54) is 0 Å². The van der Waals surface area contributed by atoms with E-state index in [1.54, 1.807) is 18.3 Å². The molecule has 1 aliphatic heterocycles. The first-order chi connectivity index (χ1) is 12.7. The van der Waals surface area contributed by atoms with Crippen molar-refractivity contribution in [3.63, 3.8) is 0 Å². The molecule has 146 valence electrons. The molecule has 0 aliphatic carbocycles. The van der Waals surface area contributed by atoms with Gasteiger partial charge in [0, 0.05) is 25.8 Å². The van der Waals surface area contributed by atoms with Gasteiger partial charge in [-0.05, 0) is 48.7 Å². The zero-order valence-corrected chi connectivity index (χ0v) is 15.7. The van der Waals surface area contributed by atoms with Crippen LogP contribution in [0.1, 0.15) is 24.0 Å². The lowest BCUT2D eigenvalue weighted by Gasteiger charge is -2.17. The van der Waals surface area contributed by atoms with Crippen LogP contribution in [0.15, 0.2) is 41.4 Å². The molecule has 1 aliphatic rings. The second-order valence-corrected chi connectivity index (χ2v) is 8.35. The summed E-state index contributed by atoms with van der Waals surface area (Å²) in [5, 5.41) is -0.550. The highest BCUT2D eigenvalue weighted by atomic mass is 35.5. The van der Waals surface area contributed by atoms with Crippen molar-refractivity contribution in [1.29, 1.82) is 0 Å². The normalized spacial score (nSPS) is 15.3. The number of rotatable bonds is 5. The Morgan fingerprint density at radius 1 is 1.15 bits per heavy atom. The van der Waals surface area contributed by atoms with Crippen molar-refractivity contribution in [3.05, 3.63) is 52.7 Å². The molecule has 0 saturated carbocycles. The Kier molecular flexibility index (Phi) is 5.64. The summed E-state index contributed by atoms with van der Waals surface area (Å²) in [7, 11) is -4.13. The van der Waals surface area contributed by atoms with Crippen LogP contribution in [0.3, 0.4) is 0 Å². The van der Waals surface area contributed by atoms with Crippen LogP contribution in [-0.4, -0.2) is 26.5 Å². The van der Waals surface area contributed by atoms with Gasteiger partial charge in [-0.2, -0.15) is 13.2 Å². The number of hydrogen-bond acceptors (Lipinski definition) is 4. The lowest BCUT2D eigenvalue weighted by atomic mass is 10.2. The average Bonchev–Trinajstić information content (AvgIpc) is 3.14. The van der Waals surface area contributed by atoms with Crippen molar-refractivity contribution in [1.82, 2.24) is 9.71 Å². The minimum Gasteiger partial charge on any atom is -0.357 e. The lowest BCUT2D eigenvalue weighted by Crippen LogP contribution is -2.24. The van der Waals surface area contributed by atoms with Crippen LogP contribution in [0.2, 0.25) is 5.02 Å². The van der Waals surface area contributed by atoms with Crippen LogP contribution in [0.25, 0.3) is 0 Å². The number of sulfonamides is 1. The Morgan fingerprint density at radius 2 is 1.85 bits per heavy atom. The number of pyridine rings is 1. The summed E-state index contributed by atoms with van der Waals surface area (Å²) >= 11 is 5.54. The topological polar surface area (TPSA) is 62.3 Å². The lowest BCUT2D eigenvalue weighted by molar-refractivity contribution is -0.137. The molecular formula is C17H17ClF3N3O2S. The van der Waals surface area contributed by atoms with E-state index in [2.05, 4.69) is 14.6 Å². The van der Waals surface area contributed by atoms with Crippen molar-refractivity contribution < 1.29 is 21.6 Å². The molecule has 10 heteroatoms. The van der Waals surface area contributed by atoms with Crippen LogP contribution < -0.4 is 9.62 Å². The molecule has 3 rings (SSSR count). The zero-order chi connectivity index (χ0) is 19.7. The molecule has 1 N–H and O–H groups in total. The first-order valence-electron chi connectivity index (χ1n) is 8.23. The van der Waals surface area contributed by atoms with Crippen LogP contribution in [-0.2, 0) is 22.7 Å². The van der Waals surface area contributed by atoms with Gasteiger partial charge in [0.05, 0.1) is 15.5 Å². The first-order valence-corrected chi connectivity index (χ1v) is 10.1. The second-order valence-electron chi connectivity index (χ2n) is 6.18. The molecule has 2 aromatic rings. The molecule has 0 bridgehead atoms. The largest absolute Gasteiger partial charge is 0.417 e. The summed E-state index contributed by atoms with van der Waals surface area (Å²) < 4.78 is 65.9. The summed E-state index contributed by atoms with van der Waals surface area (Å²) in [4.78, 5) is 5.89. The van der Waals surface area contributed by atoms with Gasteiger partial charge in [-0.3, -0.25) is 0 Å². The van der Waals surface area contributed by atoms with Crippen molar-refractivity contribution in [3.8, 4) is 0 Å². The Morgan fingerprint density at radius 3 is 2.52 bits per heavy atom. The van der Waals surface area contributed by atoms with Crippen molar-refractivity contribution in [2.75, 3.05) is 18.0 Å². The van der Waals surface area contributed by atoms with Gasteiger partial charge in [0.1, 0.15) is 5.82 Å². The summed E-state index contributed by atoms with van der Waals surface area (Å²) in [6, 6.07) is 5.94. The van der Waals surface area contributed by atoms with E-state index in [4.69, 9.17) is 11.6 Å². The zero-order valence-electron chi connectivity index (χ0n) is 14.1. The first kappa shape index (κ1) is 19.9. The maximum absolute atomic E-state index is 12.9. The maximum Gasteiger partial charge on any atom is 0.417 e. The van der Waals surface area contributed by atoms with Crippen LogP contribution in [0, 0.1) is 0 Å². The van der Waals surface area contributed by atoms with Crippen LogP contribution in [0.5, 0.6) is 0 Å². The third-order valence-corrected chi connectivity index (χ3v) is 5.99. The predicted octanol–water partition coefficient (Wildman–Crippen LogP) is 3.83. The van der Waals surface area contributed by atoms with Gasteiger partial charge >= 0.3 is 6.18 Å². The molecule has 27 heavy (non-hydrogen) atoms. The smallest absolute Gasteiger partial charge is 0.357 e. The number of halogens is 4. The number of hydrogen-bond donors (Lipinski definition) is 1. The highest BCUT2D eigenvalue weighted by molar-refractivity contribution is 7.89. The van der Waals surface area contributed by atoms with E-state index < -0.39 is 31.7 Å². The van der Waals surface area contributed by atoms with Gasteiger partial charge in [0.25, 0.3) is 0 Å². The number of nitrogens with zero attached hydrogens (tertiary/aromatic N) is 2. The van der Waals surface area contributed by atoms with Crippen LogP contribution >= 0.6 is 11.6 Å². The summed E-state index contributed by atoms with van der Waals surface area (Å²) in [6.07, 6.45) is -0.993. The van der Waals surface area contributed by atoms with Crippen molar-refractivity contribution in [2.24, 2.45) is 0 Å². The van der Waals surface area contributed by atoms with E-state index in [0.717, 1.165) is 43.9 Å². The van der Waals surface area contributed by atoms with E-state index in [0.29, 0.717) is 11.6 Å². The standard InChI is InChI=1S/C17H17ClF3N3O2S/c18-15-4-3-13(10-14(15)17(19,20)21)27(25,26)23-11-12-5-6-22-16(9-12)24-7-1-2-8-24/h3-6,9-10,23H,1-2,7-8,11H2. The minimum atomic E-state index is -4.74. The Balaban J connectivity index is 1.77. The molecule has 1 fully saturated rings. The maximum atomic E-state index is 12.9. The Labute approximate surface area is 160 Å². The minimum absolute atomic E-state index is 0.0599.